The standard InChI is InChI=1S/C12H15NO2S2/c1-7-8(2)17-12(13-7)5-10(14)11-4-9(15-3)6-16-11/h4,6,10,14H,5H2,1-3H3. The quantitative estimate of drug-likeness (QED) is 0.927. The number of nitrogens with zero attached hydrogens (tertiary/aromatic N) is 1. The van der Waals surface area contributed by atoms with Crippen molar-refractivity contribution in [3.05, 3.63) is 31.9 Å². The van der Waals surface area contributed by atoms with E-state index in [4.69, 9.17) is 4.74 Å². The molecule has 0 amide bonds. The predicted molar refractivity (Wildman–Crippen MR) is 71.1 cm³/mol. The highest BCUT2D eigenvalue weighted by atomic mass is 32.1. The number of thiophene rings is 1. The maximum Gasteiger partial charge on any atom is 0.129 e. The molecule has 0 aliphatic carbocycles. The smallest absolute Gasteiger partial charge is 0.129 e. The van der Waals surface area contributed by atoms with Gasteiger partial charge in [0.25, 0.3) is 0 Å². The molecule has 5 heteroatoms. The van der Waals surface area contributed by atoms with Gasteiger partial charge in [0.05, 0.1) is 23.9 Å². The van der Waals surface area contributed by atoms with Crippen LogP contribution in [0.3, 0.4) is 0 Å². The fraction of sp³-hybridized carbons (Fsp3) is 0.417. The van der Waals surface area contributed by atoms with Crippen LogP contribution >= 0.6 is 22.7 Å². The number of rotatable bonds is 4. The molecule has 1 N–H and O–H groups in total. The molecule has 0 saturated carbocycles. The van der Waals surface area contributed by atoms with Crippen molar-refractivity contribution in [2.24, 2.45) is 0 Å². The molecule has 17 heavy (non-hydrogen) atoms. The first-order chi connectivity index (χ1) is 8.10. The van der Waals surface area contributed by atoms with Crippen LogP contribution in [0.5, 0.6) is 5.75 Å². The number of aryl methyl sites for hydroxylation is 2. The lowest BCUT2D eigenvalue weighted by atomic mass is 10.2. The topological polar surface area (TPSA) is 42.4 Å². The molecule has 0 fully saturated rings. The lowest BCUT2D eigenvalue weighted by molar-refractivity contribution is 0.182. The zero-order valence-corrected chi connectivity index (χ0v) is 11.7. The second-order valence-electron chi connectivity index (χ2n) is 3.86. The van der Waals surface area contributed by atoms with Crippen molar-refractivity contribution < 1.29 is 9.84 Å². The summed E-state index contributed by atoms with van der Waals surface area (Å²) >= 11 is 3.17. The first kappa shape index (κ1) is 12.5. The molecule has 0 saturated heterocycles. The van der Waals surface area contributed by atoms with Gasteiger partial charge in [-0.2, -0.15) is 0 Å². The highest BCUT2D eigenvalue weighted by Crippen LogP contribution is 2.30. The number of methoxy groups -OCH3 is 1. The zero-order chi connectivity index (χ0) is 12.4. The molecule has 0 spiro atoms. The van der Waals surface area contributed by atoms with E-state index in [0.717, 1.165) is 21.3 Å². The summed E-state index contributed by atoms with van der Waals surface area (Å²) in [6, 6.07) is 1.88. The van der Waals surface area contributed by atoms with E-state index < -0.39 is 6.10 Å². The molecule has 3 nitrogen and oxygen atoms in total. The van der Waals surface area contributed by atoms with Gasteiger partial charge < -0.3 is 9.84 Å². The molecule has 0 radical (unpaired) electrons. The molecular formula is C12H15NO2S2. The Bertz CT molecular complexity index is 485. The summed E-state index contributed by atoms with van der Waals surface area (Å²) < 4.78 is 5.10. The van der Waals surface area contributed by atoms with Gasteiger partial charge >= 0.3 is 0 Å². The van der Waals surface area contributed by atoms with Gasteiger partial charge in [-0.05, 0) is 19.9 Å². The van der Waals surface area contributed by atoms with Gasteiger partial charge in [-0.1, -0.05) is 0 Å². The lowest BCUT2D eigenvalue weighted by Gasteiger charge is -2.05. The van der Waals surface area contributed by atoms with Crippen LogP contribution in [0.1, 0.15) is 26.6 Å². The number of aliphatic hydroxyl groups is 1. The van der Waals surface area contributed by atoms with Crippen molar-refractivity contribution >= 4 is 22.7 Å². The van der Waals surface area contributed by atoms with Gasteiger partial charge in [-0.3, -0.25) is 0 Å². The van der Waals surface area contributed by atoms with Crippen LogP contribution in [0.4, 0.5) is 0 Å². The molecule has 2 aromatic heterocycles. The molecule has 2 heterocycles. The van der Waals surface area contributed by atoms with Crippen molar-refractivity contribution in [3.63, 3.8) is 0 Å². The predicted octanol–water partition coefficient (Wildman–Crippen LogP) is 3.11. The minimum absolute atomic E-state index is 0.492. The van der Waals surface area contributed by atoms with Crippen LogP contribution in [-0.4, -0.2) is 17.2 Å². The molecule has 2 rings (SSSR count). The number of aliphatic hydroxyl groups excluding tert-OH is 1. The monoisotopic (exact) mass is 269 g/mol. The summed E-state index contributed by atoms with van der Waals surface area (Å²) in [5, 5.41) is 13.0. The summed E-state index contributed by atoms with van der Waals surface area (Å²) in [7, 11) is 1.63. The Labute approximate surface area is 109 Å². The van der Waals surface area contributed by atoms with Crippen LogP contribution in [0.15, 0.2) is 11.4 Å². The fourth-order valence-electron chi connectivity index (χ4n) is 1.51. The van der Waals surface area contributed by atoms with Gasteiger partial charge in [0, 0.05) is 21.6 Å². The summed E-state index contributed by atoms with van der Waals surface area (Å²) in [4.78, 5) is 6.58. The van der Waals surface area contributed by atoms with Crippen molar-refractivity contribution in [1.29, 1.82) is 0 Å². The van der Waals surface area contributed by atoms with Crippen LogP contribution < -0.4 is 4.74 Å². The number of hydrogen-bond donors (Lipinski definition) is 1. The maximum atomic E-state index is 10.1. The number of thiazole rings is 1. The normalized spacial score (nSPS) is 12.7. The summed E-state index contributed by atoms with van der Waals surface area (Å²) in [6.45, 7) is 4.05. The molecule has 0 aromatic carbocycles. The Morgan fingerprint density at radius 3 is 2.76 bits per heavy atom. The van der Waals surface area contributed by atoms with Crippen molar-refractivity contribution in [3.8, 4) is 5.75 Å². The van der Waals surface area contributed by atoms with E-state index in [1.165, 1.54) is 16.2 Å². The summed E-state index contributed by atoms with van der Waals surface area (Å²) in [5.74, 6) is 0.801. The zero-order valence-electron chi connectivity index (χ0n) is 10.1. The third kappa shape index (κ3) is 2.86. The van der Waals surface area contributed by atoms with Gasteiger partial charge in [0.1, 0.15) is 5.75 Å². The third-order valence-electron chi connectivity index (χ3n) is 2.60. The van der Waals surface area contributed by atoms with Gasteiger partial charge in [0.2, 0.25) is 0 Å². The second-order valence-corrected chi connectivity index (χ2v) is 6.09. The first-order valence-electron chi connectivity index (χ1n) is 5.33. The van der Waals surface area contributed by atoms with E-state index in [-0.39, 0.29) is 0 Å². The molecule has 1 unspecified atom stereocenters. The lowest BCUT2D eigenvalue weighted by Crippen LogP contribution is -1.99. The van der Waals surface area contributed by atoms with Gasteiger partial charge in [-0.25, -0.2) is 4.98 Å². The summed E-state index contributed by atoms with van der Waals surface area (Å²) in [6.07, 6.45) is 0.0806. The van der Waals surface area contributed by atoms with Crippen LogP contribution in [0.2, 0.25) is 0 Å². The summed E-state index contributed by atoms with van der Waals surface area (Å²) in [5.41, 5.74) is 1.06. The SMILES string of the molecule is COc1csc(C(O)Cc2nc(C)c(C)s2)c1. The van der Waals surface area contributed by atoms with E-state index >= 15 is 0 Å². The second kappa shape index (κ2) is 5.16. The Morgan fingerprint density at radius 2 is 2.24 bits per heavy atom. The Kier molecular flexibility index (Phi) is 3.81. The maximum absolute atomic E-state index is 10.1. The molecule has 1 atom stereocenters. The fourth-order valence-corrected chi connectivity index (χ4v) is 3.32. The Morgan fingerprint density at radius 1 is 1.47 bits per heavy atom. The minimum atomic E-state index is -0.492. The van der Waals surface area contributed by atoms with E-state index in [1.807, 2.05) is 18.4 Å². The van der Waals surface area contributed by atoms with Crippen LogP contribution in [0.25, 0.3) is 0 Å². The van der Waals surface area contributed by atoms with E-state index in [2.05, 4.69) is 11.9 Å². The third-order valence-corrected chi connectivity index (χ3v) is 4.71. The minimum Gasteiger partial charge on any atom is -0.496 e. The van der Waals surface area contributed by atoms with Crippen molar-refractivity contribution in [2.75, 3.05) is 7.11 Å². The molecule has 2 aromatic rings. The highest BCUT2D eigenvalue weighted by Gasteiger charge is 2.14. The number of hydrogen-bond acceptors (Lipinski definition) is 5. The molecule has 92 valence electrons. The van der Waals surface area contributed by atoms with E-state index in [9.17, 15) is 5.11 Å². The molecule has 0 aliphatic heterocycles. The van der Waals surface area contributed by atoms with Crippen LogP contribution in [-0.2, 0) is 6.42 Å². The first-order valence-corrected chi connectivity index (χ1v) is 7.03. The van der Waals surface area contributed by atoms with Gasteiger partial charge in [-0.15, -0.1) is 22.7 Å². The molecule has 0 bridgehead atoms. The van der Waals surface area contributed by atoms with Crippen molar-refractivity contribution in [2.45, 2.75) is 26.4 Å². The molecular weight excluding hydrogens is 254 g/mol. The van der Waals surface area contributed by atoms with Gasteiger partial charge in [0.15, 0.2) is 0 Å². The molecule has 0 aliphatic rings. The number of aromatic nitrogens is 1. The average Bonchev–Trinajstić information content (AvgIpc) is 2.87. The number of ether oxygens (including phenoxy) is 1. The van der Waals surface area contributed by atoms with E-state index in [1.54, 1.807) is 18.4 Å². The van der Waals surface area contributed by atoms with E-state index in [0.29, 0.717) is 6.42 Å². The Balaban J connectivity index is 2.08. The largest absolute Gasteiger partial charge is 0.496 e. The Hall–Kier alpha value is -0.910. The van der Waals surface area contributed by atoms with Crippen molar-refractivity contribution in [1.82, 2.24) is 4.98 Å². The van der Waals surface area contributed by atoms with Crippen LogP contribution in [0, 0.1) is 13.8 Å². The highest BCUT2D eigenvalue weighted by molar-refractivity contribution is 7.11. The average molecular weight is 269 g/mol.